The number of nitrogens with one attached hydrogen (secondary N) is 3. The maximum Gasteiger partial charge on any atom is 0.142 e. The molecule has 3 rings (SSSR count). The van der Waals surface area contributed by atoms with Gasteiger partial charge in [-0.15, -0.1) is 5.53 Å². The summed E-state index contributed by atoms with van der Waals surface area (Å²) in [5, 5.41) is 0. The number of fused-ring (bicyclic) bond motifs is 1. The van der Waals surface area contributed by atoms with E-state index in [0.717, 1.165) is 41.4 Å². The number of ether oxygens (including phenoxy) is 1. The zero-order valence-corrected chi connectivity index (χ0v) is 14.2. The van der Waals surface area contributed by atoms with Crippen LogP contribution in [0.15, 0.2) is 28.9 Å². The van der Waals surface area contributed by atoms with Crippen molar-refractivity contribution < 1.29 is 4.74 Å². The molecule has 0 bridgehead atoms. The van der Waals surface area contributed by atoms with Crippen molar-refractivity contribution in [3.63, 3.8) is 0 Å². The molecule has 116 valence electrons. The van der Waals surface area contributed by atoms with E-state index in [2.05, 4.69) is 42.3 Å². The number of rotatable bonds is 5. The molecule has 0 spiro atoms. The van der Waals surface area contributed by atoms with Crippen LogP contribution in [-0.4, -0.2) is 27.7 Å². The summed E-state index contributed by atoms with van der Waals surface area (Å²) in [6.45, 7) is 0.837. The van der Waals surface area contributed by atoms with Crippen LogP contribution in [0.4, 0.5) is 5.82 Å². The lowest BCUT2D eigenvalue weighted by molar-refractivity contribution is 0.116. The molecule has 1 aliphatic rings. The van der Waals surface area contributed by atoms with Crippen LogP contribution in [0, 0.1) is 0 Å². The number of hydrogen-bond acceptors (Lipinski definition) is 6. The molecule has 1 fully saturated rings. The summed E-state index contributed by atoms with van der Waals surface area (Å²) >= 11 is 8.66. The van der Waals surface area contributed by atoms with Crippen molar-refractivity contribution in [2.45, 2.75) is 25.4 Å². The van der Waals surface area contributed by atoms with Gasteiger partial charge in [0, 0.05) is 23.7 Å². The van der Waals surface area contributed by atoms with Crippen molar-refractivity contribution in [3.8, 4) is 0 Å². The summed E-state index contributed by atoms with van der Waals surface area (Å²) in [5.41, 5.74) is 10.4. The lowest BCUT2D eigenvalue weighted by Crippen LogP contribution is -2.41. The zero-order valence-electron chi connectivity index (χ0n) is 11.8. The Morgan fingerprint density at radius 2 is 2.32 bits per heavy atom. The van der Waals surface area contributed by atoms with Gasteiger partial charge in [-0.05, 0) is 47.0 Å². The first-order chi connectivity index (χ1) is 10.7. The first-order valence-electron chi connectivity index (χ1n) is 7.04. The molecular weight excluding hydrogens is 366 g/mol. The van der Waals surface area contributed by atoms with E-state index in [1.54, 1.807) is 6.20 Å². The third-order valence-corrected chi connectivity index (χ3v) is 4.04. The molecule has 1 unspecified atom stereocenters. The Hall–Kier alpha value is -1.35. The highest BCUT2D eigenvalue weighted by Gasteiger charge is 2.16. The van der Waals surface area contributed by atoms with Crippen LogP contribution in [-0.2, 0) is 4.74 Å². The number of hydrazine groups is 2. The van der Waals surface area contributed by atoms with Gasteiger partial charge in [0.1, 0.15) is 5.82 Å². The number of aromatic nitrogens is 2. The molecule has 2 aromatic rings. The quantitative estimate of drug-likeness (QED) is 0.543. The van der Waals surface area contributed by atoms with Crippen molar-refractivity contribution in [1.82, 2.24) is 20.9 Å². The molecule has 6 nitrogen and oxygen atoms in total. The Balaban J connectivity index is 1.51. The normalized spacial score (nSPS) is 17.6. The molecule has 1 aliphatic heterocycles. The minimum atomic E-state index is 0.240. The van der Waals surface area contributed by atoms with Gasteiger partial charge in [0.2, 0.25) is 0 Å². The number of thiocarbonyl (C=S) groups is 1. The summed E-state index contributed by atoms with van der Waals surface area (Å²) < 4.78 is 6.44. The van der Waals surface area contributed by atoms with Gasteiger partial charge in [-0.1, -0.05) is 12.2 Å². The number of halogens is 1. The van der Waals surface area contributed by atoms with Crippen molar-refractivity contribution >= 4 is 50.0 Å². The van der Waals surface area contributed by atoms with Crippen molar-refractivity contribution in [3.05, 3.63) is 28.9 Å². The van der Waals surface area contributed by atoms with E-state index in [1.807, 2.05) is 18.2 Å². The predicted molar refractivity (Wildman–Crippen MR) is 93.3 cm³/mol. The maximum atomic E-state index is 5.55. The summed E-state index contributed by atoms with van der Waals surface area (Å²) in [4.78, 5) is 9.45. The number of nitrogens with zero attached hydrogens (tertiary/aromatic N) is 2. The lowest BCUT2D eigenvalue weighted by atomic mass is 10.2. The highest BCUT2D eigenvalue weighted by atomic mass is 79.9. The van der Waals surface area contributed by atoms with E-state index < -0.39 is 0 Å². The van der Waals surface area contributed by atoms with E-state index in [0.29, 0.717) is 10.8 Å². The van der Waals surface area contributed by atoms with Crippen LogP contribution in [0.1, 0.15) is 19.3 Å². The van der Waals surface area contributed by atoms with Crippen LogP contribution >= 0.6 is 28.1 Å². The highest BCUT2D eigenvalue weighted by molar-refractivity contribution is 9.10. The van der Waals surface area contributed by atoms with E-state index in [9.17, 15) is 0 Å². The van der Waals surface area contributed by atoms with Gasteiger partial charge in [0.25, 0.3) is 0 Å². The minimum absolute atomic E-state index is 0.240. The van der Waals surface area contributed by atoms with Crippen LogP contribution in [0.25, 0.3) is 11.0 Å². The Bertz CT molecular complexity index is 677. The molecule has 8 heteroatoms. The van der Waals surface area contributed by atoms with Crippen molar-refractivity contribution in [1.29, 1.82) is 0 Å². The average molecular weight is 382 g/mol. The third-order valence-electron chi connectivity index (χ3n) is 3.33. The van der Waals surface area contributed by atoms with Crippen LogP contribution in [0.3, 0.4) is 0 Å². The molecule has 0 aliphatic carbocycles. The molecule has 0 aromatic carbocycles. The van der Waals surface area contributed by atoms with E-state index in [-0.39, 0.29) is 6.10 Å². The monoisotopic (exact) mass is 381 g/mol. The molecule has 1 atom stereocenters. The van der Waals surface area contributed by atoms with Crippen LogP contribution in [0.5, 0.6) is 0 Å². The van der Waals surface area contributed by atoms with Gasteiger partial charge in [0.05, 0.1) is 22.1 Å². The van der Waals surface area contributed by atoms with Gasteiger partial charge in [-0.2, -0.15) is 0 Å². The molecule has 0 radical (unpaired) electrons. The summed E-state index contributed by atoms with van der Waals surface area (Å²) in [6, 6.07) is 5.67. The standard InChI is InChI=1S/C14H16BrN5OS/c15-9-6-12-11(16-8-9)3-4-13(17-12)18-20-19-14(22)7-10-2-1-5-21-10/h3-4,6,8,10,20H,1-2,5,7H2,(H,17,18)(H,19,22). The van der Waals surface area contributed by atoms with Gasteiger partial charge in [-0.3, -0.25) is 15.8 Å². The SMILES string of the molecule is S=C(CC1CCCO1)NNNc1ccc2ncc(Br)cc2n1. The number of hydrogen-bond donors (Lipinski definition) is 3. The first kappa shape index (κ1) is 15.5. The van der Waals surface area contributed by atoms with Crippen molar-refractivity contribution in [2.75, 3.05) is 12.0 Å². The highest BCUT2D eigenvalue weighted by Crippen LogP contribution is 2.17. The summed E-state index contributed by atoms with van der Waals surface area (Å²) in [7, 11) is 0. The van der Waals surface area contributed by atoms with Gasteiger partial charge in [0.15, 0.2) is 0 Å². The van der Waals surface area contributed by atoms with Crippen LogP contribution in [0.2, 0.25) is 0 Å². The molecular formula is C14H16BrN5OS. The predicted octanol–water partition coefficient (Wildman–Crippen LogP) is 2.71. The summed E-state index contributed by atoms with van der Waals surface area (Å²) in [6.07, 6.45) is 4.91. The molecule has 3 heterocycles. The summed E-state index contributed by atoms with van der Waals surface area (Å²) in [5.74, 6) is 0.680. The Kier molecular flexibility index (Phi) is 5.14. The van der Waals surface area contributed by atoms with Crippen LogP contribution < -0.4 is 16.4 Å². The Morgan fingerprint density at radius 1 is 1.41 bits per heavy atom. The fourth-order valence-electron chi connectivity index (χ4n) is 2.28. The largest absolute Gasteiger partial charge is 0.378 e. The smallest absolute Gasteiger partial charge is 0.142 e. The van der Waals surface area contributed by atoms with E-state index >= 15 is 0 Å². The first-order valence-corrected chi connectivity index (χ1v) is 8.24. The number of pyridine rings is 2. The van der Waals surface area contributed by atoms with Gasteiger partial charge < -0.3 is 4.74 Å². The van der Waals surface area contributed by atoms with Gasteiger partial charge >= 0.3 is 0 Å². The molecule has 1 saturated heterocycles. The topological polar surface area (TPSA) is 71.1 Å². The Labute approximate surface area is 142 Å². The molecule has 2 aromatic heterocycles. The molecule has 0 saturated carbocycles. The van der Waals surface area contributed by atoms with Gasteiger partial charge in [-0.25, -0.2) is 4.98 Å². The second-order valence-corrected chi connectivity index (χ2v) is 6.43. The van der Waals surface area contributed by atoms with Crippen molar-refractivity contribution in [2.24, 2.45) is 0 Å². The molecule has 22 heavy (non-hydrogen) atoms. The third kappa shape index (κ3) is 4.10. The zero-order chi connectivity index (χ0) is 15.4. The second-order valence-electron chi connectivity index (χ2n) is 5.03. The molecule has 3 N–H and O–H groups in total. The van der Waals surface area contributed by atoms with E-state index in [1.165, 1.54) is 0 Å². The average Bonchev–Trinajstić information content (AvgIpc) is 2.99. The fourth-order valence-corrected chi connectivity index (χ4v) is 2.84. The molecule has 0 amide bonds. The fraction of sp³-hybridized carbons (Fsp3) is 0.357. The second kappa shape index (κ2) is 7.28. The number of anilines is 1. The van der Waals surface area contributed by atoms with E-state index in [4.69, 9.17) is 17.0 Å². The lowest BCUT2D eigenvalue weighted by Gasteiger charge is -2.14. The minimum Gasteiger partial charge on any atom is -0.378 e. The Morgan fingerprint density at radius 3 is 3.14 bits per heavy atom. The maximum absolute atomic E-state index is 5.55.